The van der Waals surface area contributed by atoms with E-state index in [0.717, 1.165) is 23.9 Å². The summed E-state index contributed by atoms with van der Waals surface area (Å²) in [6, 6.07) is 10.6. The summed E-state index contributed by atoms with van der Waals surface area (Å²) in [6.07, 6.45) is 2.11. The molecule has 1 heterocycles. The number of para-hydroxylation sites is 1. The van der Waals surface area contributed by atoms with Crippen molar-refractivity contribution in [3.63, 3.8) is 0 Å². The molecule has 0 saturated heterocycles. The number of aromatic hydroxyl groups is 2. The number of rotatable bonds is 2. The van der Waals surface area contributed by atoms with Crippen LogP contribution >= 0.6 is 11.6 Å². The fraction of sp³-hybridized carbons (Fsp3) is 0.188. The largest absolute Gasteiger partial charge is 0.507 e. The van der Waals surface area contributed by atoms with Gasteiger partial charge in [-0.25, -0.2) is 4.98 Å². The third-order valence-corrected chi connectivity index (χ3v) is 4.12. The lowest BCUT2D eigenvalue weighted by Crippen LogP contribution is -1.98. The Kier molecular flexibility index (Phi) is 2.62. The van der Waals surface area contributed by atoms with Crippen LogP contribution in [0.2, 0.25) is 5.02 Å². The molecule has 0 aliphatic heterocycles. The average molecular weight is 301 g/mol. The zero-order valence-corrected chi connectivity index (χ0v) is 11.9. The van der Waals surface area contributed by atoms with Gasteiger partial charge in [0.15, 0.2) is 0 Å². The van der Waals surface area contributed by atoms with Crippen LogP contribution < -0.4 is 0 Å². The normalized spacial score (nSPS) is 14.7. The number of fused-ring (bicyclic) bond motifs is 1. The summed E-state index contributed by atoms with van der Waals surface area (Å²) in [5.74, 6) is 0.600. The van der Waals surface area contributed by atoms with Crippen LogP contribution in [-0.2, 0) is 0 Å². The van der Waals surface area contributed by atoms with E-state index in [1.807, 2.05) is 22.8 Å². The van der Waals surface area contributed by atoms with E-state index in [1.54, 1.807) is 18.2 Å². The Balaban J connectivity index is 2.10. The fourth-order valence-electron chi connectivity index (χ4n) is 2.73. The summed E-state index contributed by atoms with van der Waals surface area (Å²) in [6.45, 7) is 0. The minimum absolute atomic E-state index is 0.0170. The Morgan fingerprint density at radius 2 is 1.71 bits per heavy atom. The van der Waals surface area contributed by atoms with Gasteiger partial charge in [-0.05, 0) is 37.1 Å². The van der Waals surface area contributed by atoms with Crippen LogP contribution in [0.1, 0.15) is 18.9 Å². The van der Waals surface area contributed by atoms with Gasteiger partial charge in [-0.3, -0.25) is 0 Å². The van der Waals surface area contributed by atoms with E-state index in [4.69, 9.17) is 11.6 Å². The van der Waals surface area contributed by atoms with Gasteiger partial charge in [0.25, 0.3) is 0 Å². The molecule has 5 heteroatoms. The van der Waals surface area contributed by atoms with Crippen LogP contribution in [0.4, 0.5) is 0 Å². The van der Waals surface area contributed by atoms with Crippen molar-refractivity contribution in [3.05, 3.63) is 41.4 Å². The van der Waals surface area contributed by atoms with Gasteiger partial charge >= 0.3 is 0 Å². The van der Waals surface area contributed by atoms with Crippen LogP contribution in [-0.4, -0.2) is 19.8 Å². The van der Waals surface area contributed by atoms with E-state index in [2.05, 4.69) is 4.98 Å². The predicted molar refractivity (Wildman–Crippen MR) is 81.8 cm³/mol. The van der Waals surface area contributed by atoms with E-state index < -0.39 is 0 Å². The zero-order chi connectivity index (χ0) is 14.6. The van der Waals surface area contributed by atoms with Crippen LogP contribution in [0.3, 0.4) is 0 Å². The van der Waals surface area contributed by atoms with Gasteiger partial charge in [-0.1, -0.05) is 23.7 Å². The van der Waals surface area contributed by atoms with Crippen LogP contribution in [0.15, 0.2) is 36.4 Å². The lowest BCUT2D eigenvalue weighted by Gasteiger charge is -2.11. The van der Waals surface area contributed by atoms with Crippen molar-refractivity contribution in [1.29, 1.82) is 0 Å². The number of phenols is 2. The Labute approximate surface area is 126 Å². The first kappa shape index (κ1) is 12.5. The highest BCUT2D eigenvalue weighted by molar-refractivity contribution is 6.35. The predicted octanol–water partition coefficient (Wildman–Crippen LogP) is 4.10. The summed E-state index contributed by atoms with van der Waals surface area (Å²) < 4.78 is 2.03. The van der Waals surface area contributed by atoms with E-state index >= 15 is 0 Å². The second-order valence-corrected chi connectivity index (χ2v) is 5.72. The molecule has 0 bridgehead atoms. The van der Waals surface area contributed by atoms with Gasteiger partial charge < -0.3 is 14.8 Å². The maximum absolute atomic E-state index is 10.1. The Morgan fingerprint density at radius 1 is 1.05 bits per heavy atom. The number of aromatic nitrogens is 2. The third-order valence-electron chi connectivity index (χ3n) is 3.82. The summed E-state index contributed by atoms with van der Waals surface area (Å²) in [7, 11) is 0. The number of hydrogen-bond donors (Lipinski definition) is 2. The van der Waals surface area contributed by atoms with Crippen molar-refractivity contribution in [2.75, 3.05) is 0 Å². The summed E-state index contributed by atoms with van der Waals surface area (Å²) in [5.41, 5.74) is 1.99. The molecule has 0 atom stereocenters. The Hall–Kier alpha value is -2.20. The molecule has 0 radical (unpaired) electrons. The minimum Gasteiger partial charge on any atom is -0.507 e. The first-order valence-electron chi connectivity index (χ1n) is 6.84. The van der Waals surface area contributed by atoms with E-state index in [-0.39, 0.29) is 11.5 Å². The fourth-order valence-corrected chi connectivity index (χ4v) is 2.99. The van der Waals surface area contributed by atoms with Crippen molar-refractivity contribution in [2.24, 2.45) is 0 Å². The second kappa shape index (κ2) is 4.40. The molecule has 2 aromatic carbocycles. The maximum atomic E-state index is 10.1. The number of phenolic OH excluding ortho intramolecular Hbond substituents is 2. The number of benzene rings is 2. The molecule has 21 heavy (non-hydrogen) atoms. The quantitative estimate of drug-likeness (QED) is 0.749. The molecule has 1 aromatic heterocycles. The summed E-state index contributed by atoms with van der Waals surface area (Å²) in [4.78, 5) is 4.59. The van der Waals surface area contributed by atoms with Crippen LogP contribution in [0, 0.1) is 0 Å². The van der Waals surface area contributed by atoms with Gasteiger partial charge in [0.1, 0.15) is 22.9 Å². The number of nitrogens with zero attached hydrogens (tertiary/aromatic N) is 2. The summed E-state index contributed by atoms with van der Waals surface area (Å²) in [5, 5.41) is 20.9. The van der Waals surface area contributed by atoms with Crippen LogP contribution in [0.25, 0.3) is 22.4 Å². The number of imidazole rings is 1. The van der Waals surface area contributed by atoms with Gasteiger partial charge in [0.05, 0.1) is 16.1 Å². The maximum Gasteiger partial charge on any atom is 0.148 e. The van der Waals surface area contributed by atoms with Gasteiger partial charge in [0.2, 0.25) is 0 Å². The molecule has 4 rings (SSSR count). The monoisotopic (exact) mass is 300 g/mol. The Bertz CT molecular complexity index is 833. The smallest absolute Gasteiger partial charge is 0.148 e. The molecule has 3 aromatic rings. The number of hydrogen-bond acceptors (Lipinski definition) is 3. The molecule has 0 amide bonds. The van der Waals surface area contributed by atoms with Crippen LogP contribution in [0.5, 0.6) is 11.5 Å². The zero-order valence-electron chi connectivity index (χ0n) is 11.1. The molecule has 2 N–H and O–H groups in total. The molecular weight excluding hydrogens is 288 g/mol. The first-order valence-corrected chi connectivity index (χ1v) is 7.22. The molecule has 1 aliphatic carbocycles. The molecule has 0 spiro atoms. The van der Waals surface area contributed by atoms with Gasteiger partial charge in [0, 0.05) is 6.04 Å². The third kappa shape index (κ3) is 1.87. The van der Waals surface area contributed by atoms with Gasteiger partial charge in [-0.15, -0.1) is 0 Å². The molecule has 1 aliphatic rings. The highest BCUT2D eigenvalue weighted by Gasteiger charge is 2.31. The number of halogens is 1. The van der Waals surface area contributed by atoms with Crippen molar-refractivity contribution in [1.82, 2.24) is 9.55 Å². The highest BCUT2D eigenvalue weighted by atomic mass is 35.5. The molecule has 0 unspecified atom stereocenters. The first-order chi connectivity index (χ1) is 10.2. The van der Waals surface area contributed by atoms with E-state index in [1.165, 1.54) is 0 Å². The van der Waals surface area contributed by atoms with Crippen molar-refractivity contribution < 1.29 is 10.2 Å². The molecule has 1 fully saturated rings. The van der Waals surface area contributed by atoms with Crippen molar-refractivity contribution in [3.8, 4) is 22.9 Å². The second-order valence-electron chi connectivity index (χ2n) is 5.32. The standard InChI is InChI=1S/C16H13ClN2O2/c17-10-3-1-4-11-15(10)19(9-7-8-9)16(18-11)14-12(20)5-2-6-13(14)21/h1-6,9,20-21H,7-8H2. The SMILES string of the molecule is Oc1cccc(O)c1-c1nc2cccc(Cl)c2n1C1CC1. The van der Waals surface area contributed by atoms with Crippen molar-refractivity contribution in [2.45, 2.75) is 18.9 Å². The summed E-state index contributed by atoms with van der Waals surface area (Å²) >= 11 is 6.33. The lowest BCUT2D eigenvalue weighted by molar-refractivity contribution is 0.453. The Morgan fingerprint density at radius 3 is 2.38 bits per heavy atom. The highest BCUT2D eigenvalue weighted by Crippen LogP contribution is 2.46. The van der Waals surface area contributed by atoms with Crippen molar-refractivity contribution >= 4 is 22.6 Å². The van der Waals surface area contributed by atoms with E-state index in [9.17, 15) is 10.2 Å². The molecule has 106 valence electrons. The van der Waals surface area contributed by atoms with E-state index in [0.29, 0.717) is 22.5 Å². The average Bonchev–Trinajstić information content (AvgIpc) is 3.20. The molecule has 4 nitrogen and oxygen atoms in total. The molecular formula is C16H13ClN2O2. The molecule has 1 saturated carbocycles. The lowest BCUT2D eigenvalue weighted by atomic mass is 10.1. The minimum atomic E-state index is 0.0170. The topological polar surface area (TPSA) is 58.3 Å². The van der Waals surface area contributed by atoms with Gasteiger partial charge in [-0.2, -0.15) is 0 Å².